The molecule has 26 heavy (non-hydrogen) atoms. The normalized spacial score (nSPS) is 11.6. The van der Waals surface area contributed by atoms with Crippen LogP contribution >= 0.6 is 0 Å². The number of nitro benzene ring substituents is 1. The Labute approximate surface area is 152 Å². The van der Waals surface area contributed by atoms with Gasteiger partial charge in [0.15, 0.2) is 0 Å². The summed E-state index contributed by atoms with van der Waals surface area (Å²) in [6.45, 7) is 7.58. The van der Waals surface area contributed by atoms with Gasteiger partial charge in [0.1, 0.15) is 0 Å². The number of benzene rings is 1. The molecule has 2 rings (SSSR count). The molecule has 0 aliphatic heterocycles. The van der Waals surface area contributed by atoms with Crippen LogP contribution in [0.3, 0.4) is 0 Å². The van der Waals surface area contributed by atoms with Crippen molar-refractivity contribution in [2.45, 2.75) is 39.5 Å². The molecule has 8 nitrogen and oxygen atoms in total. The summed E-state index contributed by atoms with van der Waals surface area (Å²) in [4.78, 5) is 22.5. The molecular weight excluding hydrogens is 358 g/mol. The molecule has 0 saturated carbocycles. The monoisotopic (exact) mass is 379 g/mol. The molecule has 0 aliphatic carbocycles. The highest BCUT2D eigenvalue weighted by Crippen LogP contribution is 2.20. The number of carbonyl (C=O) groups is 1. The summed E-state index contributed by atoms with van der Waals surface area (Å²) in [6, 6.07) is 6.96. The Morgan fingerprint density at radius 3 is 2.27 bits per heavy atom. The van der Waals surface area contributed by atoms with E-state index in [-0.39, 0.29) is 11.7 Å². The molecule has 2 aromatic rings. The Bertz CT molecular complexity index is 944. The van der Waals surface area contributed by atoms with Gasteiger partial charge in [-0.05, 0) is 39.3 Å². The number of non-ortho nitro benzene ring substituents is 1. The maximum Gasteiger partial charge on any atom is 0.269 e. The van der Waals surface area contributed by atoms with Gasteiger partial charge in [-0.25, -0.2) is 13.1 Å². The molecule has 0 spiro atoms. The standard InChI is InChI=1S/C17H21N3O5S/c1-11(2)19-12(3)9-16(13(19)4)17(21)18-26(24,25)10-14-5-7-15(8-6-14)20(22)23/h5-9,11H,10H2,1-4H3,(H,18,21). The lowest BCUT2D eigenvalue weighted by Gasteiger charge is -2.13. The average Bonchev–Trinajstić information content (AvgIpc) is 2.81. The fraction of sp³-hybridized carbons (Fsp3) is 0.353. The summed E-state index contributed by atoms with van der Waals surface area (Å²) in [7, 11) is -3.93. The zero-order chi connectivity index (χ0) is 19.6. The summed E-state index contributed by atoms with van der Waals surface area (Å²) in [5.74, 6) is -1.13. The largest absolute Gasteiger partial charge is 0.346 e. The van der Waals surface area contributed by atoms with Crippen LogP contribution in [0, 0.1) is 24.0 Å². The minimum absolute atomic E-state index is 0.128. The van der Waals surface area contributed by atoms with Crippen molar-refractivity contribution in [2.24, 2.45) is 0 Å². The highest BCUT2D eigenvalue weighted by atomic mass is 32.2. The summed E-state index contributed by atoms with van der Waals surface area (Å²) in [6.07, 6.45) is 0. The van der Waals surface area contributed by atoms with Crippen LogP contribution in [0.15, 0.2) is 30.3 Å². The third kappa shape index (κ3) is 4.29. The minimum atomic E-state index is -3.93. The predicted molar refractivity (Wildman–Crippen MR) is 97.5 cm³/mol. The lowest BCUT2D eigenvalue weighted by atomic mass is 10.2. The Balaban J connectivity index is 2.17. The maximum atomic E-state index is 12.4. The summed E-state index contributed by atoms with van der Waals surface area (Å²) < 4.78 is 28.6. The molecule has 1 amide bonds. The zero-order valence-corrected chi connectivity index (χ0v) is 15.8. The van der Waals surface area contributed by atoms with Crippen molar-refractivity contribution in [3.63, 3.8) is 0 Å². The summed E-state index contributed by atoms with van der Waals surface area (Å²) in [5, 5.41) is 10.6. The first-order valence-electron chi connectivity index (χ1n) is 7.98. The molecule has 0 saturated heterocycles. The van der Waals surface area contributed by atoms with Crippen molar-refractivity contribution in [3.05, 3.63) is 63.0 Å². The zero-order valence-electron chi connectivity index (χ0n) is 15.0. The van der Waals surface area contributed by atoms with E-state index in [1.807, 2.05) is 25.3 Å². The second-order valence-corrected chi connectivity index (χ2v) is 8.08. The van der Waals surface area contributed by atoms with E-state index in [0.29, 0.717) is 16.8 Å². The van der Waals surface area contributed by atoms with Crippen LogP contribution in [0.2, 0.25) is 0 Å². The fourth-order valence-electron chi connectivity index (χ4n) is 2.97. The molecule has 9 heteroatoms. The smallest absolute Gasteiger partial charge is 0.269 e. The molecule has 0 unspecified atom stereocenters. The van der Waals surface area contributed by atoms with Gasteiger partial charge >= 0.3 is 0 Å². The number of hydrogen-bond acceptors (Lipinski definition) is 5. The van der Waals surface area contributed by atoms with Crippen LogP contribution in [-0.4, -0.2) is 23.8 Å². The highest BCUT2D eigenvalue weighted by molar-refractivity contribution is 7.89. The molecule has 0 bridgehead atoms. The van der Waals surface area contributed by atoms with E-state index in [0.717, 1.165) is 5.69 Å². The van der Waals surface area contributed by atoms with Gasteiger partial charge in [-0.15, -0.1) is 0 Å². The van der Waals surface area contributed by atoms with E-state index >= 15 is 0 Å². The van der Waals surface area contributed by atoms with Crippen LogP contribution in [-0.2, 0) is 15.8 Å². The SMILES string of the molecule is Cc1cc(C(=O)NS(=O)(=O)Cc2ccc([N+](=O)[O-])cc2)c(C)n1C(C)C. The second-order valence-electron chi connectivity index (χ2n) is 6.36. The number of carbonyl (C=O) groups excluding carboxylic acids is 1. The highest BCUT2D eigenvalue weighted by Gasteiger charge is 2.22. The maximum absolute atomic E-state index is 12.4. The predicted octanol–water partition coefficient (Wildman–Crippen LogP) is 2.85. The van der Waals surface area contributed by atoms with Gasteiger partial charge < -0.3 is 4.57 Å². The summed E-state index contributed by atoms with van der Waals surface area (Å²) in [5.41, 5.74) is 2.10. The van der Waals surface area contributed by atoms with Gasteiger partial charge in [0.2, 0.25) is 10.0 Å². The number of nitro groups is 1. The van der Waals surface area contributed by atoms with Gasteiger partial charge in [-0.1, -0.05) is 12.1 Å². The topological polar surface area (TPSA) is 111 Å². The number of nitrogens with one attached hydrogen (secondary N) is 1. The van der Waals surface area contributed by atoms with E-state index in [9.17, 15) is 23.3 Å². The van der Waals surface area contributed by atoms with Crippen molar-refractivity contribution in [1.29, 1.82) is 0 Å². The second kappa shape index (κ2) is 7.28. The van der Waals surface area contributed by atoms with Gasteiger partial charge in [0.25, 0.3) is 11.6 Å². The Morgan fingerprint density at radius 1 is 1.23 bits per heavy atom. The van der Waals surface area contributed by atoms with Crippen LogP contribution in [0.5, 0.6) is 0 Å². The number of nitrogens with zero attached hydrogens (tertiary/aromatic N) is 2. The van der Waals surface area contributed by atoms with Crippen molar-refractivity contribution < 1.29 is 18.1 Å². The van der Waals surface area contributed by atoms with Crippen LogP contribution in [0.4, 0.5) is 5.69 Å². The quantitative estimate of drug-likeness (QED) is 0.613. The third-order valence-corrected chi connectivity index (χ3v) is 5.21. The number of hydrogen-bond donors (Lipinski definition) is 1. The van der Waals surface area contributed by atoms with E-state index in [1.54, 1.807) is 13.0 Å². The van der Waals surface area contributed by atoms with Crippen molar-refractivity contribution in [2.75, 3.05) is 0 Å². The van der Waals surface area contributed by atoms with Crippen molar-refractivity contribution >= 4 is 21.6 Å². The number of aromatic nitrogens is 1. The number of aryl methyl sites for hydroxylation is 1. The first-order chi connectivity index (χ1) is 12.0. The van der Waals surface area contributed by atoms with Gasteiger partial charge in [-0.2, -0.15) is 0 Å². The van der Waals surface area contributed by atoms with Crippen LogP contribution in [0.25, 0.3) is 0 Å². The average molecular weight is 379 g/mol. The number of sulfonamides is 1. The molecule has 0 radical (unpaired) electrons. The molecule has 1 N–H and O–H groups in total. The number of rotatable bonds is 6. The fourth-order valence-corrected chi connectivity index (χ4v) is 4.06. The lowest BCUT2D eigenvalue weighted by Crippen LogP contribution is -2.32. The molecule has 1 aromatic heterocycles. The molecule has 1 aromatic carbocycles. The first-order valence-corrected chi connectivity index (χ1v) is 9.63. The van der Waals surface area contributed by atoms with E-state index < -0.39 is 26.6 Å². The third-order valence-electron chi connectivity index (χ3n) is 4.00. The van der Waals surface area contributed by atoms with Gasteiger partial charge in [-0.3, -0.25) is 14.9 Å². The van der Waals surface area contributed by atoms with Crippen LogP contribution < -0.4 is 4.72 Å². The lowest BCUT2D eigenvalue weighted by molar-refractivity contribution is -0.384. The molecule has 140 valence electrons. The van der Waals surface area contributed by atoms with E-state index in [4.69, 9.17) is 0 Å². The van der Waals surface area contributed by atoms with E-state index in [1.165, 1.54) is 24.3 Å². The molecular formula is C17H21N3O5S. The van der Waals surface area contributed by atoms with Crippen LogP contribution in [0.1, 0.15) is 47.2 Å². The van der Waals surface area contributed by atoms with E-state index in [2.05, 4.69) is 4.72 Å². The first kappa shape index (κ1) is 19.6. The van der Waals surface area contributed by atoms with Gasteiger partial charge in [0, 0.05) is 29.6 Å². The number of amides is 1. The molecule has 0 aliphatic rings. The van der Waals surface area contributed by atoms with Gasteiger partial charge in [0.05, 0.1) is 16.2 Å². The Morgan fingerprint density at radius 2 is 1.81 bits per heavy atom. The Hall–Kier alpha value is -2.68. The van der Waals surface area contributed by atoms with Crippen molar-refractivity contribution in [3.8, 4) is 0 Å². The van der Waals surface area contributed by atoms with Crippen molar-refractivity contribution in [1.82, 2.24) is 9.29 Å². The Kier molecular flexibility index (Phi) is 5.50. The summed E-state index contributed by atoms with van der Waals surface area (Å²) >= 11 is 0. The molecule has 1 heterocycles. The minimum Gasteiger partial charge on any atom is -0.346 e. The molecule has 0 fully saturated rings. The molecule has 0 atom stereocenters.